The van der Waals surface area contributed by atoms with Crippen LogP contribution in [0, 0.1) is 0 Å². The van der Waals surface area contributed by atoms with Gasteiger partial charge in [-0.2, -0.15) is 0 Å². The summed E-state index contributed by atoms with van der Waals surface area (Å²) in [7, 11) is 1.51. The lowest BCUT2D eigenvalue weighted by molar-refractivity contribution is 0.0951. The van der Waals surface area contributed by atoms with E-state index in [0.717, 1.165) is 5.56 Å². The molecule has 0 unspecified atom stereocenters. The lowest BCUT2D eigenvalue weighted by Crippen LogP contribution is -2.26. The number of carbonyl (C=O) groups is 1. The Balaban J connectivity index is 1.97. The predicted molar refractivity (Wildman–Crippen MR) is 92.9 cm³/mol. The normalized spacial score (nSPS) is 11.3. The molecule has 0 radical (unpaired) electrons. The maximum Gasteiger partial charge on any atom is 0.261 e. The second kappa shape index (κ2) is 7.98. The minimum atomic E-state index is -3.74. The van der Waals surface area contributed by atoms with Gasteiger partial charge in [-0.1, -0.05) is 29.8 Å². The molecule has 2 N–H and O–H groups in total. The van der Waals surface area contributed by atoms with Crippen LogP contribution in [0.1, 0.15) is 21.5 Å². The third-order valence-electron chi connectivity index (χ3n) is 3.39. The Labute approximate surface area is 149 Å². The number of aliphatic hydroxyl groups excluding tert-OH is 1. The lowest BCUT2D eigenvalue weighted by atomic mass is 10.1. The first kappa shape index (κ1) is 18.7. The number of amides is 1. The van der Waals surface area contributed by atoms with Gasteiger partial charge in [0.05, 0.1) is 11.5 Å². The zero-order chi connectivity index (χ0) is 17.7. The summed E-state index contributed by atoms with van der Waals surface area (Å²) in [6.45, 7) is 0.0947. The summed E-state index contributed by atoms with van der Waals surface area (Å²) >= 11 is 5.88. The zero-order valence-corrected chi connectivity index (χ0v) is 14.8. The van der Waals surface area contributed by atoms with Crippen LogP contribution in [0.2, 0.25) is 5.02 Å². The van der Waals surface area contributed by atoms with Crippen molar-refractivity contribution < 1.29 is 18.3 Å². The molecule has 0 heterocycles. The van der Waals surface area contributed by atoms with Crippen molar-refractivity contribution in [2.75, 3.05) is 6.54 Å². The molecule has 0 aromatic heterocycles. The van der Waals surface area contributed by atoms with E-state index in [9.17, 15) is 18.3 Å². The quantitative estimate of drug-likeness (QED) is 0.746. The van der Waals surface area contributed by atoms with E-state index in [1.807, 2.05) is 0 Å². The smallest absolute Gasteiger partial charge is 0.261 e. The van der Waals surface area contributed by atoms with Gasteiger partial charge in [0, 0.05) is 27.8 Å². The second-order valence-corrected chi connectivity index (χ2v) is 8.05. The summed E-state index contributed by atoms with van der Waals surface area (Å²) in [6.07, 6.45) is 0.517. The molecule has 2 aromatic rings. The Bertz CT molecular complexity index is 836. The Morgan fingerprint density at radius 3 is 2.38 bits per heavy atom. The highest BCUT2D eigenvalue weighted by Crippen LogP contribution is 2.17. The van der Waals surface area contributed by atoms with Gasteiger partial charge in [0.15, 0.2) is 0 Å². The van der Waals surface area contributed by atoms with Crippen LogP contribution in [0.3, 0.4) is 0 Å². The van der Waals surface area contributed by atoms with Crippen LogP contribution in [0.5, 0.6) is 0 Å². The van der Waals surface area contributed by atoms with Crippen molar-refractivity contribution in [2.24, 2.45) is 0 Å². The molecule has 8 heteroatoms. The lowest BCUT2D eigenvalue weighted by Gasteiger charge is -2.09. The zero-order valence-electron chi connectivity index (χ0n) is 12.5. The molecule has 24 heavy (non-hydrogen) atoms. The Hall–Kier alpha value is -1.60. The molecule has 0 fully saturated rings. The minimum absolute atomic E-state index is 0.0310. The maximum absolute atomic E-state index is 12.2. The monoisotopic (exact) mass is 387 g/mol. The van der Waals surface area contributed by atoms with Gasteiger partial charge in [0.1, 0.15) is 0 Å². The summed E-state index contributed by atoms with van der Waals surface area (Å²) in [5, 5.41) is 12.4. The maximum atomic E-state index is 12.2. The minimum Gasteiger partial charge on any atom is -0.392 e. The van der Waals surface area contributed by atoms with E-state index in [-0.39, 0.29) is 17.4 Å². The van der Waals surface area contributed by atoms with Crippen LogP contribution < -0.4 is 5.32 Å². The van der Waals surface area contributed by atoms with Gasteiger partial charge in [-0.05, 0) is 41.8 Å². The number of hydrogen-bond donors (Lipinski definition) is 2. The van der Waals surface area contributed by atoms with E-state index in [0.29, 0.717) is 29.1 Å². The summed E-state index contributed by atoms with van der Waals surface area (Å²) < 4.78 is 22.3. The van der Waals surface area contributed by atoms with Crippen molar-refractivity contribution in [1.29, 1.82) is 0 Å². The molecular formula is C16H15Cl2NO4S. The Kier molecular flexibility index (Phi) is 6.23. The van der Waals surface area contributed by atoms with Crippen molar-refractivity contribution in [3.63, 3.8) is 0 Å². The molecule has 5 nitrogen and oxygen atoms in total. The van der Waals surface area contributed by atoms with E-state index in [1.165, 1.54) is 18.2 Å². The molecule has 1 amide bonds. The molecule has 0 saturated heterocycles. The van der Waals surface area contributed by atoms with Gasteiger partial charge < -0.3 is 10.4 Å². The highest BCUT2D eigenvalue weighted by atomic mass is 35.7. The molecule has 0 aliphatic rings. The molecule has 2 aromatic carbocycles. The van der Waals surface area contributed by atoms with Crippen molar-refractivity contribution in [3.05, 3.63) is 64.2 Å². The molecule has 0 aliphatic carbocycles. The fourth-order valence-corrected chi connectivity index (χ4v) is 3.07. The van der Waals surface area contributed by atoms with Crippen molar-refractivity contribution in [2.45, 2.75) is 17.9 Å². The molecular weight excluding hydrogens is 373 g/mol. The third kappa shape index (κ3) is 4.95. The van der Waals surface area contributed by atoms with Gasteiger partial charge in [0.2, 0.25) is 0 Å². The highest BCUT2D eigenvalue weighted by Gasteiger charge is 2.12. The molecule has 128 valence electrons. The van der Waals surface area contributed by atoms with Crippen LogP contribution in [-0.4, -0.2) is 26.0 Å². The number of rotatable bonds is 6. The van der Waals surface area contributed by atoms with Gasteiger partial charge in [-0.25, -0.2) is 8.42 Å². The standard InChI is InChI=1S/C16H15Cl2NO4S/c17-13-4-3-12(10-20)15(9-13)16(21)19-8-7-11-1-5-14(6-2-11)24(18,22)23/h1-6,9,20H,7-8,10H2,(H,19,21). The highest BCUT2D eigenvalue weighted by molar-refractivity contribution is 8.13. The summed E-state index contributed by atoms with van der Waals surface area (Å²) in [5.74, 6) is -0.332. The molecule has 2 rings (SSSR count). The van der Waals surface area contributed by atoms with E-state index in [1.54, 1.807) is 24.3 Å². The fourth-order valence-electron chi connectivity index (χ4n) is 2.13. The Morgan fingerprint density at radius 1 is 1.12 bits per heavy atom. The topological polar surface area (TPSA) is 83.5 Å². The summed E-state index contributed by atoms with van der Waals surface area (Å²) in [6, 6.07) is 10.8. The average Bonchev–Trinajstić information content (AvgIpc) is 2.54. The van der Waals surface area contributed by atoms with Crippen LogP contribution in [0.4, 0.5) is 0 Å². The largest absolute Gasteiger partial charge is 0.392 e. The fraction of sp³-hybridized carbons (Fsp3) is 0.188. The van der Waals surface area contributed by atoms with Crippen LogP contribution in [-0.2, 0) is 22.1 Å². The van der Waals surface area contributed by atoms with Gasteiger partial charge in [0.25, 0.3) is 15.0 Å². The molecule has 0 saturated carbocycles. The van der Waals surface area contributed by atoms with Crippen molar-refractivity contribution in [1.82, 2.24) is 5.32 Å². The van der Waals surface area contributed by atoms with E-state index in [4.69, 9.17) is 22.3 Å². The van der Waals surface area contributed by atoms with Crippen molar-refractivity contribution >= 4 is 37.2 Å². The SMILES string of the molecule is O=C(NCCc1ccc(S(=O)(=O)Cl)cc1)c1cc(Cl)ccc1CO. The summed E-state index contributed by atoms with van der Waals surface area (Å²) in [5.41, 5.74) is 1.68. The van der Waals surface area contributed by atoms with E-state index in [2.05, 4.69) is 5.32 Å². The second-order valence-electron chi connectivity index (χ2n) is 5.05. The number of hydrogen-bond acceptors (Lipinski definition) is 4. The number of aliphatic hydroxyl groups is 1. The molecule has 0 aliphatic heterocycles. The van der Waals surface area contributed by atoms with Crippen molar-refractivity contribution in [3.8, 4) is 0 Å². The van der Waals surface area contributed by atoms with Gasteiger partial charge in [-0.3, -0.25) is 4.79 Å². The third-order valence-corrected chi connectivity index (χ3v) is 5.00. The average molecular weight is 388 g/mol. The predicted octanol–water partition coefficient (Wildman–Crippen LogP) is 2.73. The Morgan fingerprint density at radius 2 is 1.79 bits per heavy atom. The van der Waals surface area contributed by atoms with Gasteiger partial charge in [-0.15, -0.1) is 0 Å². The summed E-state index contributed by atoms with van der Waals surface area (Å²) in [4.78, 5) is 12.2. The molecule has 0 bridgehead atoms. The van der Waals surface area contributed by atoms with E-state index < -0.39 is 9.05 Å². The van der Waals surface area contributed by atoms with Crippen LogP contribution >= 0.6 is 22.3 Å². The first-order valence-corrected chi connectivity index (χ1v) is 9.71. The first-order chi connectivity index (χ1) is 11.3. The van der Waals surface area contributed by atoms with Crippen LogP contribution in [0.25, 0.3) is 0 Å². The molecule has 0 spiro atoms. The van der Waals surface area contributed by atoms with Gasteiger partial charge >= 0.3 is 0 Å². The molecule has 0 atom stereocenters. The van der Waals surface area contributed by atoms with Crippen LogP contribution in [0.15, 0.2) is 47.4 Å². The van der Waals surface area contributed by atoms with E-state index >= 15 is 0 Å². The number of halogens is 2. The number of carbonyl (C=O) groups excluding carboxylic acids is 1. The number of benzene rings is 2. The first-order valence-electron chi connectivity index (χ1n) is 7.02. The number of nitrogens with one attached hydrogen (secondary N) is 1.